The second kappa shape index (κ2) is 7.82. The number of thioether (sulfide) groups is 1. The molecular weight excluding hydrogens is 322 g/mol. The number of carbonyl (C=O) groups excluding carboxylic acids is 1. The van der Waals surface area contributed by atoms with Gasteiger partial charge in [0.15, 0.2) is 0 Å². The van der Waals surface area contributed by atoms with Crippen molar-refractivity contribution >= 4 is 67.7 Å². The molecule has 3 atom stereocenters. The molecule has 1 saturated heterocycles. The first-order valence-electron chi connectivity index (χ1n) is 6.31. The number of aliphatic carboxylic acids is 1. The maximum absolute atomic E-state index is 11.9. The van der Waals surface area contributed by atoms with E-state index < -0.39 is 18.0 Å². The summed E-state index contributed by atoms with van der Waals surface area (Å²) in [5.74, 6) is -1.29. The standard InChI is InChI=1S/C12H17N3O4S.Ca.2H/c1-6(16)9-7-4-8(20-3-2-14-5-13)10(12(18)19)15(7)11(9)17;;;/h5-7,9,16H,2-4H2,1H3,(H2,13,14)(H,18,19);;;/t6?,7-,9+;;;/m1.../s1. The SMILES string of the molecule is CC(O)[C@@H]1C(=O)N2C(C(=O)O)=C(SCCNC=N)C[C@H]12.[CaH2]. The van der Waals surface area contributed by atoms with Gasteiger partial charge in [0, 0.05) is 23.6 Å². The molecule has 0 aromatic heterocycles. The molecule has 0 bridgehead atoms. The molecule has 2 heterocycles. The molecule has 1 amide bonds. The molecule has 0 saturated carbocycles. The van der Waals surface area contributed by atoms with Crippen LogP contribution in [0.3, 0.4) is 0 Å². The van der Waals surface area contributed by atoms with Gasteiger partial charge in [-0.15, -0.1) is 11.8 Å². The van der Waals surface area contributed by atoms with Gasteiger partial charge in [0.25, 0.3) is 0 Å². The predicted molar refractivity (Wildman–Crippen MR) is 82.9 cm³/mol. The van der Waals surface area contributed by atoms with Crippen molar-refractivity contribution in [1.82, 2.24) is 10.2 Å². The van der Waals surface area contributed by atoms with Crippen LogP contribution in [0.25, 0.3) is 0 Å². The van der Waals surface area contributed by atoms with Crippen molar-refractivity contribution in [3.05, 3.63) is 10.6 Å². The number of aliphatic hydroxyl groups is 1. The minimum absolute atomic E-state index is 0. The molecule has 0 radical (unpaired) electrons. The summed E-state index contributed by atoms with van der Waals surface area (Å²) in [6, 6.07) is -0.230. The van der Waals surface area contributed by atoms with Crippen LogP contribution in [-0.2, 0) is 9.59 Å². The summed E-state index contributed by atoms with van der Waals surface area (Å²) in [6.45, 7) is 2.11. The van der Waals surface area contributed by atoms with Gasteiger partial charge in [-0.05, 0) is 6.92 Å². The van der Waals surface area contributed by atoms with E-state index in [1.807, 2.05) is 0 Å². The van der Waals surface area contributed by atoms with Gasteiger partial charge in [-0.2, -0.15) is 0 Å². The molecule has 9 heteroatoms. The normalized spacial score (nSPS) is 24.9. The Labute approximate surface area is 156 Å². The number of nitrogens with zero attached hydrogens (tertiary/aromatic N) is 1. The predicted octanol–water partition coefficient (Wildman–Crippen LogP) is -1.09. The van der Waals surface area contributed by atoms with E-state index in [-0.39, 0.29) is 55.4 Å². The molecule has 2 rings (SSSR count). The average Bonchev–Trinajstić information content (AvgIpc) is 2.69. The third-order valence-corrected chi connectivity index (χ3v) is 4.63. The number of carboxylic acids is 1. The molecule has 21 heavy (non-hydrogen) atoms. The van der Waals surface area contributed by atoms with E-state index in [0.717, 1.165) is 6.34 Å². The topological polar surface area (TPSA) is 114 Å². The second-order valence-electron chi connectivity index (χ2n) is 4.77. The summed E-state index contributed by atoms with van der Waals surface area (Å²) >= 11 is 1.38. The monoisotopic (exact) mass is 341 g/mol. The maximum atomic E-state index is 11.9. The zero-order valence-electron chi connectivity index (χ0n) is 11.0. The van der Waals surface area contributed by atoms with E-state index in [2.05, 4.69) is 5.32 Å². The number of fused-ring (bicyclic) bond motifs is 1. The van der Waals surface area contributed by atoms with Gasteiger partial charge in [0.05, 0.1) is 24.4 Å². The Morgan fingerprint density at radius 2 is 2.33 bits per heavy atom. The van der Waals surface area contributed by atoms with Gasteiger partial charge in [-0.25, -0.2) is 4.79 Å². The van der Waals surface area contributed by atoms with Crippen LogP contribution >= 0.6 is 11.8 Å². The van der Waals surface area contributed by atoms with Gasteiger partial charge in [0.1, 0.15) is 5.70 Å². The van der Waals surface area contributed by atoms with Crippen LogP contribution in [0.15, 0.2) is 10.6 Å². The number of nitrogens with one attached hydrogen (secondary N) is 2. The van der Waals surface area contributed by atoms with Crippen molar-refractivity contribution in [3.8, 4) is 0 Å². The average molecular weight is 341 g/mol. The van der Waals surface area contributed by atoms with Crippen LogP contribution < -0.4 is 5.32 Å². The van der Waals surface area contributed by atoms with Crippen LogP contribution in [0.2, 0.25) is 0 Å². The van der Waals surface area contributed by atoms with E-state index in [1.54, 1.807) is 6.92 Å². The molecule has 0 aliphatic carbocycles. The number of amides is 1. The molecule has 0 spiro atoms. The van der Waals surface area contributed by atoms with Gasteiger partial charge in [-0.3, -0.25) is 10.2 Å². The molecule has 1 unspecified atom stereocenters. The molecule has 0 aromatic carbocycles. The summed E-state index contributed by atoms with van der Waals surface area (Å²) in [4.78, 5) is 25.2. The summed E-state index contributed by atoms with van der Waals surface area (Å²) in [7, 11) is 0. The Hall–Kier alpha value is -0.280. The van der Waals surface area contributed by atoms with Crippen molar-refractivity contribution in [2.75, 3.05) is 12.3 Å². The molecule has 2 aliphatic rings. The number of carbonyl (C=O) groups is 2. The Balaban J connectivity index is 0.00000220. The van der Waals surface area contributed by atoms with Crippen LogP contribution in [0, 0.1) is 11.3 Å². The molecule has 114 valence electrons. The van der Waals surface area contributed by atoms with E-state index in [9.17, 15) is 19.8 Å². The van der Waals surface area contributed by atoms with Gasteiger partial charge < -0.3 is 20.4 Å². The fourth-order valence-electron chi connectivity index (χ4n) is 2.67. The Bertz CT molecular complexity index is 483. The molecule has 0 aromatic rings. The number of aliphatic hydroxyl groups excluding tert-OH is 1. The van der Waals surface area contributed by atoms with Crippen LogP contribution in [0.4, 0.5) is 0 Å². The Morgan fingerprint density at radius 3 is 2.86 bits per heavy atom. The zero-order valence-corrected chi connectivity index (χ0v) is 11.8. The molecule has 1 fully saturated rings. The molecule has 2 aliphatic heterocycles. The minimum atomic E-state index is -1.10. The van der Waals surface area contributed by atoms with Gasteiger partial charge in [0.2, 0.25) is 5.91 Å². The number of carboxylic acid groups (broad SMARTS) is 1. The van der Waals surface area contributed by atoms with E-state index in [0.29, 0.717) is 23.6 Å². The van der Waals surface area contributed by atoms with E-state index >= 15 is 0 Å². The summed E-state index contributed by atoms with van der Waals surface area (Å²) in [5, 5.41) is 28.4. The first kappa shape index (κ1) is 18.8. The van der Waals surface area contributed by atoms with Gasteiger partial charge >= 0.3 is 43.7 Å². The quantitative estimate of drug-likeness (QED) is 0.154. The zero-order chi connectivity index (χ0) is 14.9. The van der Waals surface area contributed by atoms with E-state index in [1.165, 1.54) is 16.7 Å². The Morgan fingerprint density at radius 1 is 1.67 bits per heavy atom. The fraction of sp³-hybridized carbons (Fsp3) is 0.583. The summed E-state index contributed by atoms with van der Waals surface area (Å²) < 4.78 is 0. The van der Waals surface area contributed by atoms with Crippen LogP contribution in [-0.4, -0.2) is 95.5 Å². The number of hydrogen-bond donors (Lipinski definition) is 4. The molecule has 4 N–H and O–H groups in total. The third kappa shape index (κ3) is 3.56. The van der Waals surface area contributed by atoms with Crippen molar-refractivity contribution in [1.29, 1.82) is 5.41 Å². The first-order valence-corrected chi connectivity index (χ1v) is 7.30. The van der Waals surface area contributed by atoms with E-state index in [4.69, 9.17) is 5.41 Å². The van der Waals surface area contributed by atoms with Crippen LogP contribution in [0.5, 0.6) is 0 Å². The Kier molecular flexibility index (Phi) is 6.99. The summed E-state index contributed by atoms with van der Waals surface area (Å²) in [6.07, 6.45) is 0.808. The first-order chi connectivity index (χ1) is 9.49. The molecule has 7 nitrogen and oxygen atoms in total. The number of rotatable bonds is 7. The fourth-order valence-corrected chi connectivity index (χ4v) is 3.74. The third-order valence-electron chi connectivity index (χ3n) is 3.52. The number of hydrogen-bond acceptors (Lipinski definition) is 5. The van der Waals surface area contributed by atoms with Crippen molar-refractivity contribution in [2.24, 2.45) is 5.92 Å². The number of β-lactam (4-membered cyclic amide) rings is 1. The van der Waals surface area contributed by atoms with Crippen molar-refractivity contribution in [2.45, 2.75) is 25.5 Å². The van der Waals surface area contributed by atoms with Gasteiger partial charge in [-0.1, -0.05) is 0 Å². The molecular formula is C12H19CaN3O4S. The van der Waals surface area contributed by atoms with Crippen molar-refractivity contribution in [3.63, 3.8) is 0 Å². The second-order valence-corrected chi connectivity index (χ2v) is 5.96. The summed E-state index contributed by atoms with van der Waals surface area (Å²) in [5.41, 5.74) is 0.0525. The van der Waals surface area contributed by atoms with Crippen LogP contribution in [0.1, 0.15) is 13.3 Å². The van der Waals surface area contributed by atoms with Crippen molar-refractivity contribution < 1.29 is 19.8 Å².